The molecule has 0 radical (unpaired) electrons. The molecular weight excluding hydrogens is 237 g/mol. The van der Waals surface area contributed by atoms with Gasteiger partial charge in [0.05, 0.1) is 6.20 Å². The Morgan fingerprint density at radius 3 is 2.72 bits per heavy atom. The summed E-state index contributed by atoms with van der Waals surface area (Å²) in [4.78, 5) is 11.9. The van der Waals surface area contributed by atoms with Gasteiger partial charge in [-0.2, -0.15) is 14.5 Å². The molecule has 0 amide bonds. The molecule has 96 valence electrons. The first-order valence-electron chi connectivity index (χ1n) is 5.47. The van der Waals surface area contributed by atoms with E-state index in [-0.39, 0.29) is 17.9 Å². The Labute approximate surface area is 104 Å². The maximum atomic E-state index is 13.5. The van der Waals surface area contributed by atoms with Gasteiger partial charge in [-0.25, -0.2) is 9.97 Å². The molecule has 0 atom stereocenters. The SMILES string of the molecule is CC(C)(C)c1ncc(F)c(OCc2ncn[nH]2)n1. The standard InChI is InChI=1S/C11H14FN5O/c1-11(2,3)10-13-4-7(12)9(16-10)18-5-8-14-6-15-17-8/h4,6H,5H2,1-3H3,(H,14,15,17). The highest BCUT2D eigenvalue weighted by Gasteiger charge is 2.20. The molecule has 7 heteroatoms. The molecule has 2 heterocycles. The molecule has 18 heavy (non-hydrogen) atoms. The molecule has 0 aliphatic rings. The molecule has 0 fully saturated rings. The van der Waals surface area contributed by atoms with Gasteiger partial charge in [0.2, 0.25) is 5.82 Å². The molecule has 0 aliphatic carbocycles. The predicted octanol–water partition coefficient (Wildman–Crippen LogP) is 1.61. The normalized spacial score (nSPS) is 11.6. The van der Waals surface area contributed by atoms with E-state index in [1.807, 2.05) is 20.8 Å². The topological polar surface area (TPSA) is 76.6 Å². The molecule has 6 nitrogen and oxygen atoms in total. The van der Waals surface area contributed by atoms with Crippen LogP contribution in [0.25, 0.3) is 0 Å². The second kappa shape index (κ2) is 4.67. The minimum atomic E-state index is -0.595. The summed E-state index contributed by atoms with van der Waals surface area (Å²) in [6, 6.07) is 0. The number of hydrogen-bond acceptors (Lipinski definition) is 5. The summed E-state index contributed by atoms with van der Waals surface area (Å²) in [7, 11) is 0. The molecule has 2 aromatic rings. The lowest BCUT2D eigenvalue weighted by Crippen LogP contribution is -2.17. The van der Waals surface area contributed by atoms with Crippen LogP contribution in [-0.4, -0.2) is 25.1 Å². The molecular formula is C11H14FN5O. The Balaban J connectivity index is 2.16. The van der Waals surface area contributed by atoms with E-state index in [0.717, 1.165) is 6.20 Å². The molecule has 0 bridgehead atoms. The van der Waals surface area contributed by atoms with E-state index in [1.54, 1.807) is 0 Å². The minimum absolute atomic E-state index is 0.0775. The van der Waals surface area contributed by atoms with E-state index in [2.05, 4.69) is 25.1 Å². The third kappa shape index (κ3) is 2.79. The van der Waals surface area contributed by atoms with Crippen molar-refractivity contribution in [3.05, 3.63) is 30.0 Å². The van der Waals surface area contributed by atoms with Crippen LogP contribution < -0.4 is 4.74 Å². The number of nitrogens with one attached hydrogen (secondary N) is 1. The minimum Gasteiger partial charge on any atom is -0.467 e. The third-order valence-corrected chi connectivity index (χ3v) is 2.19. The number of H-pyrrole nitrogens is 1. The van der Waals surface area contributed by atoms with Crippen LogP contribution in [0.1, 0.15) is 32.4 Å². The summed E-state index contributed by atoms with van der Waals surface area (Å²) < 4.78 is 18.7. The van der Waals surface area contributed by atoms with Crippen molar-refractivity contribution in [2.75, 3.05) is 0 Å². The van der Waals surface area contributed by atoms with Crippen molar-refractivity contribution in [1.82, 2.24) is 25.1 Å². The number of hydrogen-bond donors (Lipinski definition) is 1. The van der Waals surface area contributed by atoms with Gasteiger partial charge in [-0.15, -0.1) is 0 Å². The molecule has 0 saturated carbocycles. The zero-order chi connectivity index (χ0) is 13.2. The fraction of sp³-hybridized carbons (Fsp3) is 0.455. The van der Waals surface area contributed by atoms with Crippen molar-refractivity contribution >= 4 is 0 Å². The van der Waals surface area contributed by atoms with E-state index < -0.39 is 5.82 Å². The second-order valence-electron chi connectivity index (χ2n) is 4.82. The summed E-state index contributed by atoms with van der Waals surface area (Å²) in [6.45, 7) is 5.92. The van der Waals surface area contributed by atoms with E-state index >= 15 is 0 Å². The first kappa shape index (κ1) is 12.4. The number of rotatable bonds is 3. The Kier molecular flexibility index (Phi) is 3.22. The highest BCUT2D eigenvalue weighted by atomic mass is 19.1. The van der Waals surface area contributed by atoms with Crippen molar-refractivity contribution in [2.24, 2.45) is 0 Å². The maximum Gasteiger partial charge on any atom is 0.254 e. The van der Waals surface area contributed by atoms with Gasteiger partial charge < -0.3 is 4.74 Å². The lowest BCUT2D eigenvalue weighted by atomic mass is 9.96. The monoisotopic (exact) mass is 251 g/mol. The first-order chi connectivity index (χ1) is 8.47. The van der Waals surface area contributed by atoms with Crippen LogP contribution in [0, 0.1) is 5.82 Å². The summed E-state index contributed by atoms with van der Waals surface area (Å²) in [5.41, 5.74) is -0.266. The van der Waals surface area contributed by atoms with Crippen molar-refractivity contribution in [1.29, 1.82) is 0 Å². The first-order valence-corrected chi connectivity index (χ1v) is 5.47. The number of aromatic amines is 1. The van der Waals surface area contributed by atoms with E-state index in [9.17, 15) is 4.39 Å². The lowest BCUT2D eigenvalue weighted by Gasteiger charge is -2.16. The molecule has 0 aromatic carbocycles. The quantitative estimate of drug-likeness (QED) is 0.896. The fourth-order valence-electron chi connectivity index (χ4n) is 1.25. The van der Waals surface area contributed by atoms with Crippen LogP contribution in [0.2, 0.25) is 0 Å². The number of nitrogens with zero attached hydrogens (tertiary/aromatic N) is 4. The summed E-state index contributed by atoms with van der Waals surface area (Å²) in [5.74, 6) is 0.357. The van der Waals surface area contributed by atoms with E-state index in [4.69, 9.17) is 4.74 Å². The maximum absolute atomic E-state index is 13.5. The van der Waals surface area contributed by atoms with Gasteiger partial charge in [-0.05, 0) is 0 Å². The number of halogens is 1. The van der Waals surface area contributed by atoms with Gasteiger partial charge >= 0.3 is 0 Å². The van der Waals surface area contributed by atoms with Crippen molar-refractivity contribution in [3.8, 4) is 5.88 Å². The molecule has 0 aliphatic heterocycles. The van der Waals surface area contributed by atoms with Crippen molar-refractivity contribution < 1.29 is 9.13 Å². The van der Waals surface area contributed by atoms with Crippen LogP contribution in [0.3, 0.4) is 0 Å². The molecule has 0 unspecified atom stereocenters. The van der Waals surface area contributed by atoms with Gasteiger partial charge in [0.1, 0.15) is 18.8 Å². The molecule has 2 aromatic heterocycles. The molecule has 1 N–H and O–H groups in total. The fourth-order valence-corrected chi connectivity index (χ4v) is 1.25. The summed E-state index contributed by atoms with van der Waals surface area (Å²) in [5, 5.41) is 6.29. The second-order valence-corrected chi connectivity index (χ2v) is 4.82. The Morgan fingerprint density at radius 2 is 2.11 bits per heavy atom. The Bertz CT molecular complexity index is 521. The van der Waals surface area contributed by atoms with Gasteiger partial charge in [0, 0.05) is 5.41 Å². The third-order valence-electron chi connectivity index (χ3n) is 2.19. The molecule has 0 spiro atoms. The van der Waals surface area contributed by atoms with Gasteiger partial charge in [0.25, 0.3) is 5.88 Å². The van der Waals surface area contributed by atoms with Crippen molar-refractivity contribution in [3.63, 3.8) is 0 Å². The van der Waals surface area contributed by atoms with Crippen LogP contribution in [0.4, 0.5) is 4.39 Å². The average molecular weight is 251 g/mol. The zero-order valence-corrected chi connectivity index (χ0v) is 10.4. The highest BCUT2D eigenvalue weighted by molar-refractivity contribution is 5.15. The van der Waals surface area contributed by atoms with E-state index in [1.165, 1.54) is 6.33 Å². The van der Waals surface area contributed by atoms with Crippen LogP contribution >= 0.6 is 0 Å². The Morgan fingerprint density at radius 1 is 1.33 bits per heavy atom. The highest BCUT2D eigenvalue weighted by Crippen LogP contribution is 2.22. The summed E-state index contributed by atoms with van der Waals surface area (Å²) in [6.07, 6.45) is 2.47. The predicted molar refractivity (Wildman–Crippen MR) is 61.4 cm³/mol. The summed E-state index contributed by atoms with van der Waals surface area (Å²) >= 11 is 0. The molecule has 2 rings (SSSR count). The van der Waals surface area contributed by atoms with Gasteiger partial charge in [-0.3, -0.25) is 5.10 Å². The smallest absolute Gasteiger partial charge is 0.254 e. The largest absolute Gasteiger partial charge is 0.467 e. The van der Waals surface area contributed by atoms with Crippen LogP contribution in [0.5, 0.6) is 5.88 Å². The lowest BCUT2D eigenvalue weighted by molar-refractivity contribution is 0.264. The van der Waals surface area contributed by atoms with Crippen molar-refractivity contribution in [2.45, 2.75) is 32.8 Å². The molecule has 0 saturated heterocycles. The zero-order valence-electron chi connectivity index (χ0n) is 10.4. The number of ether oxygens (including phenoxy) is 1. The van der Waals surface area contributed by atoms with Gasteiger partial charge in [-0.1, -0.05) is 20.8 Å². The van der Waals surface area contributed by atoms with E-state index in [0.29, 0.717) is 11.6 Å². The Hall–Kier alpha value is -2.05. The average Bonchev–Trinajstić information content (AvgIpc) is 2.79. The van der Waals surface area contributed by atoms with Gasteiger partial charge in [0.15, 0.2) is 5.82 Å². The number of aromatic nitrogens is 5. The van der Waals surface area contributed by atoms with Crippen LogP contribution in [0.15, 0.2) is 12.5 Å². The van der Waals surface area contributed by atoms with Crippen LogP contribution in [-0.2, 0) is 12.0 Å².